The molecule has 1 aromatic rings. The normalized spacial score (nSPS) is 12.8. The molecule has 0 heterocycles. The first-order valence-corrected chi connectivity index (χ1v) is 4.65. The van der Waals surface area contributed by atoms with E-state index in [4.69, 9.17) is 4.74 Å². The van der Waals surface area contributed by atoms with Gasteiger partial charge in [-0.25, -0.2) is 0 Å². The number of benzene rings is 1. The lowest BCUT2D eigenvalue weighted by Gasteiger charge is -2.16. The van der Waals surface area contributed by atoms with Crippen molar-refractivity contribution in [3.63, 3.8) is 0 Å². The van der Waals surface area contributed by atoms with Crippen molar-refractivity contribution in [1.82, 2.24) is 5.32 Å². The summed E-state index contributed by atoms with van der Waals surface area (Å²) in [7, 11) is 1.73. The molecule has 0 aliphatic heterocycles. The first kappa shape index (κ1) is 10.2. The molecule has 0 saturated carbocycles. The van der Waals surface area contributed by atoms with E-state index in [1.54, 1.807) is 7.11 Å². The van der Waals surface area contributed by atoms with Gasteiger partial charge in [0.2, 0.25) is 0 Å². The van der Waals surface area contributed by atoms with Crippen LogP contribution in [0.5, 0.6) is 0 Å². The van der Waals surface area contributed by atoms with Gasteiger partial charge in [0.15, 0.2) is 0 Å². The Morgan fingerprint density at radius 1 is 1.31 bits per heavy atom. The van der Waals surface area contributed by atoms with Crippen LogP contribution in [0.25, 0.3) is 0 Å². The van der Waals surface area contributed by atoms with Crippen LogP contribution >= 0.6 is 0 Å². The molecule has 0 amide bonds. The van der Waals surface area contributed by atoms with Gasteiger partial charge in [0.25, 0.3) is 0 Å². The molecule has 1 unspecified atom stereocenters. The standard InChI is InChI=1S/C11H17NO/c1-3-12-11(9-13-2)10-7-5-4-6-8-10/h4-8,11-12H,3,9H2,1-2H3. The van der Waals surface area contributed by atoms with E-state index < -0.39 is 0 Å². The van der Waals surface area contributed by atoms with Crippen LogP contribution in [0.1, 0.15) is 18.5 Å². The summed E-state index contributed by atoms with van der Waals surface area (Å²) < 4.78 is 5.15. The molecule has 1 rings (SSSR count). The van der Waals surface area contributed by atoms with E-state index in [-0.39, 0.29) is 0 Å². The van der Waals surface area contributed by atoms with Crippen molar-refractivity contribution >= 4 is 0 Å². The number of nitrogens with one attached hydrogen (secondary N) is 1. The van der Waals surface area contributed by atoms with Crippen molar-refractivity contribution in [2.45, 2.75) is 13.0 Å². The van der Waals surface area contributed by atoms with Crippen molar-refractivity contribution in [3.8, 4) is 0 Å². The Labute approximate surface area is 79.9 Å². The number of likely N-dealkylation sites (N-methyl/N-ethyl adjacent to an activating group) is 1. The maximum absolute atomic E-state index is 5.15. The first-order chi connectivity index (χ1) is 6.38. The Hall–Kier alpha value is -0.860. The van der Waals surface area contributed by atoms with Gasteiger partial charge in [-0.1, -0.05) is 37.3 Å². The molecule has 0 aliphatic rings. The third kappa shape index (κ3) is 3.17. The Kier molecular flexibility index (Phi) is 4.50. The summed E-state index contributed by atoms with van der Waals surface area (Å²) in [4.78, 5) is 0. The minimum absolute atomic E-state index is 0.316. The largest absolute Gasteiger partial charge is 0.383 e. The van der Waals surface area contributed by atoms with Crippen LogP contribution in [0.3, 0.4) is 0 Å². The van der Waals surface area contributed by atoms with E-state index in [0.29, 0.717) is 6.04 Å². The third-order valence-corrected chi connectivity index (χ3v) is 1.99. The molecular formula is C11H17NO. The van der Waals surface area contributed by atoms with Crippen molar-refractivity contribution in [2.24, 2.45) is 0 Å². The van der Waals surface area contributed by atoms with Crippen LogP contribution in [0.15, 0.2) is 30.3 Å². The van der Waals surface area contributed by atoms with E-state index in [1.807, 2.05) is 6.07 Å². The van der Waals surface area contributed by atoms with Crippen LogP contribution in [0.4, 0.5) is 0 Å². The van der Waals surface area contributed by atoms with Gasteiger partial charge in [-0.15, -0.1) is 0 Å². The molecular weight excluding hydrogens is 162 g/mol. The van der Waals surface area contributed by atoms with Gasteiger partial charge < -0.3 is 10.1 Å². The van der Waals surface area contributed by atoms with Crippen molar-refractivity contribution in [2.75, 3.05) is 20.3 Å². The highest BCUT2D eigenvalue weighted by Crippen LogP contribution is 2.11. The van der Waals surface area contributed by atoms with E-state index >= 15 is 0 Å². The lowest BCUT2D eigenvalue weighted by Crippen LogP contribution is -2.24. The second-order valence-corrected chi connectivity index (χ2v) is 2.98. The zero-order valence-electron chi connectivity index (χ0n) is 8.29. The predicted molar refractivity (Wildman–Crippen MR) is 54.7 cm³/mol. The molecule has 0 fully saturated rings. The topological polar surface area (TPSA) is 21.3 Å². The Balaban J connectivity index is 2.64. The quantitative estimate of drug-likeness (QED) is 0.746. The SMILES string of the molecule is CCNC(COC)c1ccccc1. The molecule has 72 valence electrons. The Bertz CT molecular complexity index is 217. The summed E-state index contributed by atoms with van der Waals surface area (Å²) in [6.45, 7) is 3.78. The van der Waals surface area contributed by atoms with E-state index in [9.17, 15) is 0 Å². The van der Waals surface area contributed by atoms with Gasteiger partial charge in [-0.05, 0) is 12.1 Å². The lowest BCUT2D eigenvalue weighted by atomic mass is 10.1. The predicted octanol–water partition coefficient (Wildman–Crippen LogP) is 1.98. The second kappa shape index (κ2) is 5.73. The number of hydrogen-bond donors (Lipinski definition) is 1. The van der Waals surface area contributed by atoms with E-state index in [0.717, 1.165) is 13.2 Å². The maximum atomic E-state index is 5.15. The van der Waals surface area contributed by atoms with Gasteiger partial charge in [0.05, 0.1) is 12.6 Å². The fourth-order valence-electron chi connectivity index (χ4n) is 1.37. The van der Waals surface area contributed by atoms with Gasteiger partial charge in [-0.3, -0.25) is 0 Å². The van der Waals surface area contributed by atoms with E-state index in [1.165, 1.54) is 5.56 Å². The van der Waals surface area contributed by atoms with Crippen LogP contribution in [-0.4, -0.2) is 20.3 Å². The van der Waals surface area contributed by atoms with Gasteiger partial charge in [0, 0.05) is 7.11 Å². The molecule has 2 heteroatoms. The minimum atomic E-state index is 0.316. The maximum Gasteiger partial charge on any atom is 0.0657 e. The molecule has 13 heavy (non-hydrogen) atoms. The lowest BCUT2D eigenvalue weighted by molar-refractivity contribution is 0.168. The molecule has 2 nitrogen and oxygen atoms in total. The summed E-state index contributed by atoms with van der Waals surface area (Å²) in [5.41, 5.74) is 1.28. The molecule has 1 N–H and O–H groups in total. The van der Waals surface area contributed by atoms with E-state index in [2.05, 4.69) is 36.5 Å². The van der Waals surface area contributed by atoms with Crippen molar-refractivity contribution in [1.29, 1.82) is 0 Å². The van der Waals surface area contributed by atoms with Gasteiger partial charge >= 0.3 is 0 Å². The summed E-state index contributed by atoms with van der Waals surface area (Å²) in [5, 5.41) is 3.37. The first-order valence-electron chi connectivity index (χ1n) is 4.65. The number of hydrogen-bond acceptors (Lipinski definition) is 2. The van der Waals surface area contributed by atoms with Crippen molar-refractivity contribution < 1.29 is 4.74 Å². The highest BCUT2D eigenvalue weighted by atomic mass is 16.5. The minimum Gasteiger partial charge on any atom is -0.383 e. The molecule has 0 radical (unpaired) electrons. The number of ether oxygens (including phenoxy) is 1. The summed E-state index contributed by atoms with van der Waals surface area (Å²) in [5.74, 6) is 0. The molecule has 0 bridgehead atoms. The van der Waals surface area contributed by atoms with Crippen LogP contribution < -0.4 is 5.32 Å². The Morgan fingerprint density at radius 2 is 2.00 bits per heavy atom. The smallest absolute Gasteiger partial charge is 0.0657 e. The zero-order chi connectivity index (χ0) is 9.52. The molecule has 1 atom stereocenters. The second-order valence-electron chi connectivity index (χ2n) is 2.98. The average molecular weight is 179 g/mol. The summed E-state index contributed by atoms with van der Waals surface area (Å²) in [6.07, 6.45) is 0. The molecule has 0 saturated heterocycles. The monoisotopic (exact) mass is 179 g/mol. The molecule has 0 aliphatic carbocycles. The molecule has 0 aromatic heterocycles. The zero-order valence-corrected chi connectivity index (χ0v) is 8.29. The fourth-order valence-corrected chi connectivity index (χ4v) is 1.37. The molecule has 0 spiro atoms. The van der Waals surface area contributed by atoms with Gasteiger partial charge in [-0.2, -0.15) is 0 Å². The fraction of sp³-hybridized carbons (Fsp3) is 0.455. The Morgan fingerprint density at radius 3 is 2.54 bits per heavy atom. The third-order valence-electron chi connectivity index (χ3n) is 1.99. The molecule has 1 aromatic carbocycles. The highest BCUT2D eigenvalue weighted by molar-refractivity contribution is 5.18. The van der Waals surface area contributed by atoms with Crippen LogP contribution in [-0.2, 0) is 4.74 Å². The highest BCUT2D eigenvalue weighted by Gasteiger charge is 2.07. The van der Waals surface area contributed by atoms with Gasteiger partial charge in [0.1, 0.15) is 0 Å². The number of methoxy groups -OCH3 is 1. The summed E-state index contributed by atoms with van der Waals surface area (Å²) in [6, 6.07) is 10.7. The number of rotatable bonds is 5. The van der Waals surface area contributed by atoms with Crippen molar-refractivity contribution in [3.05, 3.63) is 35.9 Å². The van der Waals surface area contributed by atoms with Crippen LogP contribution in [0, 0.1) is 0 Å². The van der Waals surface area contributed by atoms with Crippen LogP contribution in [0.2, 0.25) is 0 Å². The summed E-state index contributed by atoms with van der Waals surface area (Å²) >= 11 is 0. The average Bonchev–Trinajstić information content (AvgIpc) is 2.19.